The number of amides is 1. The van der Waals surface area contributed by atoms with Gasteiger partial charge in [0.1, 0.15) is 11.3 Å². The van der Waals surface area contributed by atoms with E-state index in [0.29, 0.717) is 12.2 Å². The second kappa shape index (κ2) is 9.21. The maximum atomic E-state index is 12.9. The minimum Gasteiger partial charge on any atom is -0.494 e. The summed E-state index contributed by atoms with van der Waals surface area (Å²) >= 11 is 0. The Kier molecular flexibility index (Phi) is 6.23. The molecule has 30 heavy (non-hydrogen) atoms. The molecule has 2 aromatic heterocycles. The topological polar surface area (TPSA) is 76.4 Å². The highest BCUT2D eigenvalue weighted by Crippen LogP contribution is 2.27. The van der Waals surface area contributed by atoms with Crippen LogP contribution < -0.4 is 4.74 Å². The number of nitrogens with zero attached hydrogens (tertiary/aromatic N) is 6. The third kappa shape index (κ3) is 4.43. The van der Waals surface area contributed by atoms with Gasteiger partial charge in [0.05, 0.1) is 19.9 Å². The van der Waals surface area contributed by atoms with Crippen LogP contribution in [0.3, 0.4) is 0 Å². The smallest absolute Gasteiger partial charge is 0.276 e. The molecule has 8 nitrogen and oxygen atoms in total. The van der Waals surface area contributed by atoms with Crippen LogP contribution in [0.2, 0.25) is 0 Å². The van der Waals surface area contributed by atoms with Gasteiger partial charge in [-0.05, 0) is 43.6 Å². The standard InChI is InChI=1S/C22H28N6O2/c1-26(15-17-8-9-20(30-2)21-18(17)7-6-10-23-21)22(29)19-16-28(25-24-19)14-13-27-11-4-3-5-12-27/h6-10,16H,3-5,11-15H2,1-2H3. The van der Waals surface area contributed by atoms with E-state index in [-0.39, 0.29) is 5.91 Å². The number of ether oxygens (including phenoxy) is 1. The first-order valence-electron chi connectivity index (χ1n) is 10.4. The zero-order valence-corrected chi connectivity index (χ0v) is 17.6. The molecule has 1 aliphatic rings. The summed E-state index contributed by atoms with van der Waals surface area (Å²) in [4.78, 5) is 21.4. The normalized spacial score (nSPS) is 14.7. The number of carbonyl (C=O) groups is 1. The van der Waals surface area contributed by atoms with E-state index in [2.05, 4.69) is 20.2 Å². The van der Waals surface area contributed by atoms with Gasteiger partial charge in [0.25, 0.3) is 5.91 Å². The average molecular weight is 409 g/mol. The van der Waals surface area contributed by atoms with Crippen molar-refractivity contribution in [2.75, 3.05) is 33.8 Å². The number of rotatable bonds is 7. The summed E-state index contributed by atoms with van der Waals surface area (Å²) in [5.74, 6) is 0.576. The first-order chi connectivity index (χ1) is 14.7. The average Bonchev–Trinajstić information content (AvgIpc) is 3.27. The van der Waals surface area contributed by atoms with Gasteiger partial charge in [-0.15, -0.1) is 5.10 Å². The van der Waals surface area contributed by atoms with E-state index in [0.717, 1.165) is 48.4 Å². The molecule has 3 aromatic rings. The molecule has 0 aliphatic carbocycles. The molecule has 0 saturated carbocycles. The van der Waals surface area contributed by atoms with Crippen molar-refractivity contribution in [3.8, 4) is 5.75 Å². The molecular weight excluding hydrogens is 380 g/mol. The molecule has 1 fully saturated rings. The Balaban J connectivity index is 1.42. The number of methoxy groups -OCH3 is 1. The Labute approximate surface area is 176 Å². The van der Waals surface area contributed by atoms with Crippen molar-refractivity contribution in [1.29, 1.82) is 0 Å². The summed E-state index contributed by atoms with van der Waals surface area (Å²) in [6.45, 7) is 4.43. The molecule has 1 aliphatic heterocycles. The quantitative estimate of drug-likeness (QED) is 0.598. The second-order valence-corrected chi connectivity index (χ2v) is 7.76. The maximum Gasteiger partial charge on any atom is 0.276 e. The summed E-state index contributed by atoms with van der Waals surface area (Å²) < 4.78 is 7.17. The minimum atomic E-state index is -0.146. The van der Waals surface area contributed by atoms with E-state index in [1.165, 1.54) is 19.3 Å². The van der Waals surface area contributed by atoms with Crippen LogP contribution in [0.5, 0.6) is 5.75 Å². The van der Waals surface area contributed by atoms with Crippen molar-refractivity contribution in [3.05, 3.63) is 47.9 Å². The molecule has 0 radical (unpaired) electrons. The number of hydrogen-bond acceptors (Lipinski definition) is 6. The lowest BCUT2D eigenvalue weighted by molar-refractivity contribution is 0.0779. The summed E-state index contributed by atoms with van der Waals surface area (Å²) in [6, 6.07) is 7.75. The summed E-state index contributed by atoms with van der Waals surface area (Å²) in [5.41, 5.74) is 2.17. The summed E-state index contributed by atoms with van der Waals surface area (Å²) in [7, 11) is 3.41. The largest absolute Gasteiger partial charge is 0.494 e. The highest BCUT2D eigenvalue weighted by molar-refractivity contribution is 5.92. The van der Waals surface area contributed by atoms with Crippen LogP contribution >= 0.6 is 0 Å². The van der Waals surface area contributed by atoms with Crippen molar-refractivity contribution in [2.24, 2.45) is 0 Å². The number of carbonyl (C=O) groups excluding carboxylic acids is 1. The van der Waals surface area contributed by atoms with Gasteiger partial charge >= 0.3 is 0 Å². The SMILES string of the molecule is COc1ccc(CN(C)C(=O)c2cn(CCN3CCCCC3)nn2)c2cccnc12. The molecule has 0 spiro atoms. The number of hydrogen-bond donors (Lipinski definition) is 0. The van der Waals surface area contributed by atoms with Crippen LogP contribution in [0.4, 0.5) is 0 Å². The van der Waals surface area contributed by atoms with Crippen LogP contribution in [0.15, 0.2) is 36.7 Å². The molecule has 0 atom stereocenters. The zero-order chi connectivity index (χ0) is 20.9. The number of likely N-dealkylation sites (tertiary alicyclic amines) is 1. The summed E-state index contributed by atoms with van der Waals surface area (Å²) in [5, 5.41) is 9.23. The number of aromatic nitrogens is 4. The van der Waals surface area contributed by atoms with Gasteiger partial charge in [-0.1, -0.05) is 23.8 Å². The lowest BCUT2D eigenvalue weighted by Crippen LogP contribution is -2.32. The molecule has 0 N–H and O–H groups in total. The van der Waals surface area contributed by atoms with Crippen LogP contribution in [-0.2, 0) is 13.1 Å². The predicted octanol–water partition coefficient (Wildman–Crippen LogP) is 2.59. The van der Waals surface area contributed by atoms with Crippen LogP contribution in [0, 0.1) is 0 Å². The third-order valence-corrected chi connectivity index (χ3v) is 5.65. The molecule has 158 valence electrons. The fourth-order valence-corrected chi connectivity index (χ4v) is 3.96. The van der Waals surface area contributed by atoms with Gasteiger partial charge in [0, 0.05) is 31.7 Å². The predicted molar refractivity (Wildman–Crippen MR) is 114 cm³/mol. The van der Waals surface area contributed by atoms with E-state index in [1.54, 1.807) is 36.1 Å². The van der Waals surface area contributed by atoms with Crippen LogP contribution in [-0.4, -0.2) is 69.5 Å². The zero-order valence-electron chi connectivity index (χ0n) is 17.6. The van der Waals surface area contributed by atoms with E-state index in [9.17, 15) is 4.79 Å². The number of piperidine rings is 1. The van der Waals surface area contributed by atoms with E-state index in [1.807, 2.05) is 24.3 Å². The molecule has 3 heterocycles. The molecule has 8 heteroatoms. The minimum absolute atomic E-state index is 0.146. The second-order valence-electron chi connectivity index (χ2n) is 7.76. The lowest BCUT2D eigenvalue weighted by atomic mass is 10.1. The van der Waals surface area contributed by atoms with Gasteiger partial charge in [0.15, 0.2) is 5.69 Å². The first kappa shape index (κ1) is 20.3. The number of benzene rings is 1. The van der Waals surface area contributed by atoms with Crippen LogP contribution in [0.1, 0.15) is 35.3 Å². The molecular formula is C22H28N6O2. The van der Waals surface area contributed by atoms with Gasteiger partial charge in [-0.3, -0.25) is 14.5 Å². The van der Waals surface area contributed by atoms with Crippen molar-refractivity contribution >= 4 is 16.8 Å². The Hall–Kier alpha value is -3.00. The lowest BCUT2D eigenvalue weighted by Gasteiger charge is -2.25. The fraction of sp³-hybridized carbons (Fsp3) is 0.455. The Morgan fingerprint density at radius 2 is 2.00 bits per heavy atom. The van der Waals surface area contributed by atoms with Crippen molar-refractivity contribution in [3.63, 3.8) is 0 Å². The molecule has 1 amide bonds. The highest BCUT2D eigenvalue weighted by atomic mass is 16.5. The Bertz CT molecular complexity index is 1010. The summed E-state index contributed by atoms with van der Waals surface area (Å²) in [6.07, 6.45) is 7.34. The van der Waals surface area contributed by atoms with Crippen LogP contribution in [0.25, 0.3) is 10.9 Å². The fourth-order valence-electron chi connectivity index (χ4n) is 3.96. The number of pyridine rings is 1. The van der Waals surface area contributed by atoms with E-state index in [4.69, 9.17) is 4.74 Å². The van der Waals surface area contributed by atoms with E-state index < -0.39 is 0 Å². The number of fused-ring (bicyclic) bond motifs is 1. The monoisotopic (exact) mass is 408 g/mol. The van der Waals surface area contributed by atoms with Gasteiger partial charge < -0.3 is 14.5 Å². The first-order valence-corrected chi connectivity index (χ1v) is 10.4. The van der Waals surface area contributed by atoms with Crippen molar-refractivity contribution < 1.29 is 9.53 Å². The Morgan fingerprint density at radius 3 is 2.80 bits per heavy atom. The van der Waals surface area contributed by atoms with Crippen molar-refractivity contribution in [2.45, 2.75) is 32.4 Å². The van der Waals surface area contributed by atoms with Gasteiger partial charge in [0.2, 0.25) is 0 Å². The molecule has 4 rings (SSSR count). The molecule has 1 aromatic carbocycles. The Morgan fingerprint density at radius 1 is 1.17 bits per heavy atom. The molecule has 0 bridgehead atoms. The highest BCUT2D eigenvalue weighted by Gasteiger charge is 2.18. The van der Waals surface area contributed by atoms with E-state index >= 15 is 0 Å². The van der Waals surface area contributed by atoms with Gasteiger partial charge in [-0.2, -0.15) is 0 Å². The molecule has 1 saturated heterocycles. The van der Waals surface area contributed by atoms with Gasteiger partial charge in [-0.25, -0.2) is 0 Å². The van der Waals surface area contributed by atoms with Crippen molar-refractivity contribution in [1.82, 2.24) is 29.8 Å². The maximum absolute atomic E-state index is 12.9. The molecule has 0 unspecified atom stereocenters. The third-order valence-electron chi connectivity index (χ3n) is 5.65.